The second-order valence-corrected chi connectivity index (χ2v) is 4.35. The van der Waals surface area contributed by atoms with Gasteiger partial charge < -0.3 is 9.72 Å². The van der Waals surface area contributed by atoms with Gasteiger partial charge in [0, 0.05) is 17.9 Å². The largest absolute Gasteiger partial charge is 0.464 e. The van der Waals surface area contributed by atoms with Crippen LogP contribution in [0.1, 0.15) is 36.1 Å². The van der Waals surface area contributed by atoms with E-state index in [1.807, 2.05) is 24.7 Å². The Kier molecular flexibility index (Phi) is 3.18. The molecule has 0 amide bonds. The summed E-state index contributed by atoms with van der Waals surface area (Å²) >= 11 is 0. The maximum atomic E-state index is 11.5. The van der Waals surface area contributed by atoms with Crippen LogP contribution in [-0.2, 0) is 4.74 Å². The van der Waals surface area contributed by atoms with E-state index in [-0.39, 0.29) is 6.04 Å². The molecule has 2 aromatic rings. The molecule has 0 bridgehead atoms. The van der Waals surface area contributed by atoms with Crippen LogP contribution in [0.3, 0.4) is 0 Å². The zero-order valence-corrected chi connectivity index (χ0v) is 10.9. The highest BCUT2D eigenvalue weighted by molar-refractivity contribution is 5.89. The fourth-order valence-electron chi connectivity index (χ4n) is 1.64. The van der Waals surface area contributed by atoms with Crippen molar-refractivity contribution in [3.8, 4) is 11.4 Å². The van der Waals surface area contributed by atoms with Crippen molar-refractivity contribution >= 4 is 5.97 Å². The standard InChI is InChI=1S/C12H16N4O2/c1-7(2)16-6-9(5-13-16)11-14-8(3)10(15-11)12(17)18-4/h5-7H,1-4H3,(H,14,15). The molecule has 0 aliphatic carbocycles. The Bertz CT molecular complexity index is 568. The van der Waals surface area contributed by atoms with Gasteiger partial charge in [-0.1, -0.05) is 0 Å². The van der Waals surface area contributed by atoms with E-state index in [0.29, 0.717) is 17.2 Å². The van der Waals surface area contributed by atoms with Crippen LogP contribution in [-0.4, -0.2) is 32.8 Å². The van der Waals surface area contributed by atoms with Gasteiger partial charge in [0.1, 0.15) is 5.82 Å². The molecular weight excluding hydrogens is 232 g/mol. The van der Waals surface area contributed by atoms with E-state index < -0.39 is 5.97 Å². The lowest BCUT2D eigenvalue weighted by atomic mass is 10.3. The molecule has 1 N–H and O–H groups in total. The zero-order chi connectivity index (χ0) is 13.3. The maximum absolute atomic E-state index is 11.5. The minimum atomic E-state index is -0.439. The van der Waals surface area contributed by atoms with Gasteiger partial charge in [0.2, 0.25) is 0 Å². The molecule has 6 heteroatoms. The summed E-state index contributed by atoms with van der Waals surface area (Å²) in [6.07, 6.45) is 3.61. The summed E-state index contributed by atoms with van der Waals surface area (Å²) in [5, 5.41) is 4.24. The number of imidazole rings is 1. The first-order valence-electron chi connectivity index (χ1n) is 5.72. The minimum absolute atomic E-state index is 0.287. The van der Waals surface area contributed by atoms with E-state index in [4.69, 9.17) is 0 Å². The van der Waals surface area contributed by atoms with E-state index in [2.05, 4.69) is 19.8 Å². The molecule has 0 spiro atoms. The molecule has 18 heavy (non-hydrogen) atoms. The fourth-order valence-corrected chi connectivity index (χ4v) is 1.64. The Balaban J connectivity index is 2.36. The van der Waals surface area contributed by atoms with E-state index in [0.717, 1.165) is 5.56 Å². The third kappa shape index (κ3) is 2.13. The van der Waals surface area contributed by atoms with Gasteiger partial charge in [-0.2, -0.15) is 5.10 Å². The molecule has 96 valence electrons. The number of nitrogens with zero attached hydrogens (tertiary/aromatic N) is 3. The average Bonchev–Trinajstić information content (AvgIpc) is 2.94. The molecule has 0 aliphatic heterocycles. The molecule has 2 rings (SSSR count). The lowest BCUT2D eigenvalue weighted by molar-refractivity contribution is 0.0594. The summed E-state index contributed by atoms with van der Waals surface area (Å²) in [5.74, 6) is 0.186. The number of carbonyl (C=O) groups is 1. The van der Waals surface area contributed by atoms with Gasteiger partial charge in [-0.15, -0.1) is 0 Å². The van der Waals surface area contributed by atoms with E-state index >= 15 is 0 Å². The molecule has 0 aliphatic rings. The number of rotatable bonds is 3. The Morgan fingerprint density at radius 2 is 2.22 bits per heavy atom. The van der Waals surface area contributed by atoms with Gasteiger partial charge in [0.05, 0.1) is 18.9 Å². The van der Waals surface area contributed by atoms with Crippen molar-refractivity contribution in [2.45, 2.75) is 26.8 Å². The average molecular weight is 248 g/mol. The molecular formula is C12H16N4O2. The summed E-state index contributed by atoms with van der Waals surface area (Å²) in [6.45, 7) is 5.88. The quantitative estimate of drug-likeness (QED) is 0.842. The summed E-state index contributed by atoms with van der Waals surface area (Å²) in [6, 6.07) is 0.287. The second-order valence-electron chi connectivity index (χ2n) is 4.35. The Hall–Kier alpha value is -2.11. The topological polar surface area (TPSA) is 72.8 Å². The van der Waals surface area contributed by atoms with Crippen LogP contribution in [0.25, 0.3) is 11.4 Å². The monoisotopic (exact) mass is 248 g/mol. The smallest absolute Gasteiger partial charge is 0.358 e. The highest BCUT2D eigenvalue weighted by Gasteiger charge is 2.16. The lowest BCUT2D eigenvalue weighted by Crippen LogP contribution is -2.03. The molecule has 0 saturated heterocycles. The molecule has 2 heterocycles. The van der Waals surface area contributed by atoms with Crippen molar-refractivity contribution in [3.63, 3.8) is 0 Å². The number of ether oxygens (including phenoxy) is 1. The number of nitrogens with one attached hydrogen (secondary N) is 1. The minimum Gasteiger partial charge on any atom is -0.464 e. The molecule has 6 nitrogen and oxygen atoms in total. The second kappa shape index (κ2) is 4.64. The first kappa shape index (κ1) is 12.3. The van der Waals surface area contributed by atoms with E-state index in [9.17, 15) is 4.79 Å². The predicted octanol–water partition coefficient (Wildman–Crippen LogP) is 1.95. The molecule has 0 fully saturated rings. The van der Waals surface area contributed by atoms with Gasteiger partial charge in [0.15, 0.2) is 5.69 Å². The van der Waals surface area contributed by atoms with Gasteiger partial charge in [-0.05, 0) is 20.8 Å². The Morgan fingerprint density at radius 3 is 2.78 bits per heavy atom. The molecule has 0 saturated carbocycles. The first-order chi connectivity index (χ1) is 8.52. The number of methoxy groups -OCH3 is 1. The number of carbonyl (C=O) groups excluding carboxylic acids is 1. The fraction of sp³-hybridized carbons (Fsp3) is 0.417. The number of hydrogen-bond acceptors (Lipinski definition) is 4. The highest BCUT2D eigenvalue weighted by atomic mass is 16.5. The summed E-state index contributed by atoms with van der Waals surface area (Å²) in [5.41, 5.74) is 1.85. The number of H-pyrrole nitrogens is 1. The van der Waals surface area contributed by atoms with Gasteiger partial charge in [-0.3, -0.25) is 4.68 Å². The summed E-state index contributed by atoms with van der Waals surface area (Å²) in [4.78, 5) is 18.8. The highest BCUT2D eigenvalue weighted by Crippen LogP contribution is 2.19. The molecule has 0 radical (unpaired) electrons. The molecule has 2 aromatic heterocycles. The van der Waals surface area contributed by atoms with Crippen LogP contribution >= 0.6 is 0 Å². The number of aryl methyl sites for hydroxylation is 1. The van der Waals surface area contributed by atoms with Crippen molar-refractivity contribution in [1.82, 2.24) is 19.7 Å². The lowest BCUT2D eigenvalue weighted by Gasteiger charge is -2.02. The van der Waals surface area contributed by atoms with Crippen molar-refractivity contribution < 1.29 is 9.53 Å². The van der Waals surface area contributed by atoms with Gasteiger partial charge in [0.25, 0.3) is 0 Å². The first-order valence-corrected chi connectivity index (χ1v) is 5.72. The Labute approximate surface area is 105 Å². The maximum Gasteiger partial charge on any atom is 0.358 e. The number of hydrogen-bond donors (Lipinski definition) is 1. The van der Waals surface area contributed by atoms with Crippen LogP contribution in [0.2, 0.25) is 0 Å². The van der Waals surface area contributed by atoms with Crippen LogP contribution < -0.4 is 0 Å². The van der Waals surface area contributed by atoms with E-state index in [1.54, 1.807) is 13.1 Å². The van der Waals surface area contributed by atoms with Gasteiger partial charge in [-0.25, -0.2) is 9.78 Å². The van der Waals surface area contributed by atoms with Crippen molar-refractivity contribution in [2.75, 3.05) is 7.11 Å². The van der Waals surface area contributed by atoms with E-state index in [1.165, 1.54) is 7.11 Å². The summed E-state index contributed by atoms with van der Waals surface area (Å²) < 4.78 is 6.51. The van der Waals surface area contributed by atoms with Gasteiger partial charge >= 0.3 is 5.97 Å². The SMILES string of the molecule is COC(=O)c1nc(-c2cnn(C(C)C)c2)[nH]c1C. The number of aromatic amines is 1. The summed E-state index contributed by atoms with van der Waals surface area (Å²) in [7, 11) is 1.34. The molecule has 0 aromatic carbocycles. The van der Waals surface area contributed by atoms with Crippen LogP contribution in [0, 0.1) is 6.92 Å². The van der Waals surface area contributed by atoms with Crippen LogP contribution in [0.4, 0.5) is 0 Å². The number of esters is 1. The normalized spacial score (nSPS) is 10.9. The third-order valence-electron chi connectivity index (χ3n) is 2.67. The molecule has 0 unspecified atom stereocenters. The van der Waals surface area contributed by atoms with Crippen molar-refractivity contribution in [2.24, 2.45) is 0 Å². The third-order valence-corrected chi connectivity index (χ3v) is 2.67. The van der Waals surface area contributed by atoms with Crippen LogP contribution in [0.15, 0.2) is 12.4 Å². The van der Waals surface area contributed by atoms with Crippen molar-refractivity contribution in [3.05, 3.63) is 23.8 Å². The Morgan fingerprint density at radius 1 is 1.50 bits per heavy atom. The van der Waals surface area contributed by atoms with Crippen molar-refractivity contribution in [1.29, 1.82) is 0 Å². The predicted molar refractivity (Wildman–Crippen MR) is 66.3 cm³/mol. The van der Waals surface area contributed by atoms with Crippen LogP contribution in [0.5, 0.6) is 0 Å². The number of aromatic nitrogens is 4. The molecule has 0 atom stereocenters. The zero-order valence-electron chi connectivity index (χ0n) is 10.9.